The lowest BCUT2D eigenvalue weighted by molar-refractivity contribution is 0.230. The van der Waals surface area contributed by atoms with Gasteiger partial charge in [-0.25, -0.2) is 0 Å². The molecule has 1 N–H and O–H groups in total. The second kappa shape index (κ2) is 9.64. The zero-order chi connectivity index (χ0) is 15.7. The van der Waals surface area contributed by atoms with Crippen molar-refractivity contribution in [3.8, 4) is 11.5 Å². The first-order chi connectivity index (χ1) is 10.0. The molecular formula is C17H30N2O2. The molecule has 0 bridgehead atoms. The fraction of sp³-hybridized carbons (Fsp3) is 0.647. The fourth-order valence-corrected chi connectivity index (χ4v) is 2.08. The van der Waals surface area contributed by atoms with Crippen LogP contribution in [-0.2, 0) is 6.54 Å². The Hall–Kier alpha value is -1.26. The molecule has 0 unspecified atom stereocenters. The maximum absolute atomic E-state index is 5.72. The summed E-state index contributed by atoms with van der Waals surface area (Å²) in [4.78, 5) is 2.22. The Bertz CT molecular complexity index is 406. The molecule has 0 aliphatic heterocycles. The average Bonchev–Trinajstić information content (AvgIpc) is 2.43. The highest BCUT2D eigenvalue weighted by molar-refractivity contribution is 5.43. The summed E-state index contributed by atoms with van der Waals surface area (Å²) in [6.07, 6.45) is 2.58. The van der Waals surface area contributed by atoms with E-state index in [2.05, 4.69) is 30.4 Å². The van der Waals surface area contributed by atoms with Crippen molar-refractivity contribution in [3.05, 3.63) is 23.8 Å². The molecular weight excluding hydrogens is 264 g/mol. The van der Waals surface area contributed by atoms with Crippen molar-refractivity contribution >= 4 is 0 Å². The number of hydrogen-bond acceptors (Lipinski definition) is 4. The summed E-state index contributed by atoms with van der Waals surface area (Å²) in [5.41, 5.74) is 1.22. The minimum atomic E-state index is 0.152. The summed E-state index contributed by atoms with van der Waals surface area (Å²) in [6.45, 7) is 7.09. The second-order valence-corrected chi connectivity index (χ2v) is 5.84. The third-order valence-electron chi connectivity index (χ3n) is 3.13. The average molecular weight is 294 g/mol. The number of benzene rings is 1. The normalized spacial score (nSPS) is 11.2. The molecule has 4 heteroatoms. The Morgan fingerprint density at radius 2 is 1.90 bits per heavy atom. The quantitative estimate of drug-likeness (QED) is 0.673. The molecule has 0 radical (unpaired) electrons. The highest BCUT2D eigenvalue weighted by atomic mass is 16.5. The number of nitrogens with one attached hydrogen (secondary N) is 1. The lowest BCUT2D eigenvalue weighted by Crippen LogP contribution is -2.18. The number of nitrogens with zero attached hydrogens (tertiary/aromatic N) is 1. The van der Waals surface area contributed by atoms with Crippen molar-refractivity contribution in [1.82, 2.24) is 10.2 Å². The zero-order valence-electron chi connectivity index (χ0n) is 14.1. The Morgan fingerprint density at radius 3 is 2.52 bits per heavy atom. The van der Waals surface area contributed by atoms with Gasteiger partial charge >= 0.3 is 0 Å². The first-order valence-electron chi connectivity index (χ1n) is 7.72. The van der Waals surface area contributed by atoms with Gasteiger partial charge in [0.15, 0.2) is 11.5 Å². The third kappa shape index (κ3) is 7.34. The predicted molar refractivity (Wildman–Crippen MR) is 88.3 cm³/mol. The Labute approximate surface area is 129 Å². The first kappa shape index (κ1) is 17.8. The van der Waals surface area contributed by atoms with Crippen LogP contribution in [0.2, 0.25) is 0 Å². The highest BCUT2D eigenvalue weighted by Gasteiger charge is 2.07. The van der Waals surface area contributed by atoms with Crippen LogP contribution >= 0.6 is 0 Å². The van der Waals surface area contributed by atoms with Crippen LogP contribution in [0.3, 0.4) is 0 Å². The van der Waals surface area contributed by atoms with Crippen molar-refractivity contribution in [3.63, 3.8) is 0 Å². The number of methoxy groups -OCH3 is 1. The van der Waals surface area contributed by atoms with Crippen molar-refractivity contribution in [1.29, 1.82) is 0 Å². The molecule has 0 aliphatic rings. The van der Waals surface area contributed by atoms with Crippen LogP contribution in [0.5, 0.6) is 11.5 Å². The van der Waals surface area contributed by atoms with Crippen LogP contribution in [-0.4, -0.2) is 45.3 Å². The van der Waals surface area contributed by atoms with Crippen LogP contribution < -0.4 is 14.8 Å². The van der Waals surface area contributed by atoms with E-state index in [9.17, 15) is 0 Å². The minimum absolute atomic E-state index is 0.152. The number of ether oxygens (including phenoxy) is 2. The van der Waals surface area contributed by atoms with Crippen molar-refractivity contribution in [2.24, 2.45) is 0 Å². The second-order valence-electron chi connectivity index (χ2n) is 5.84. The van der Waals surface area contributed by atoms with Gasteiger partial charge in [-0.15, -0.1) is 0 Å². The Kier molecular flexibility index (Phi) is 8.16. The van der Waals surface area contributed by atoms with Gasteiger partial charge in [0.1, 0.15) is 0 Å². The summed E-state index contributed by atoms with van der Waals surface area (Å²) in [7, 11) is 5.90. The molecule has 0 aliphatic carbocycles. The van der Waals surface area contributed by atoms with Gasteiger partial charge in [0, 0.05) is 6.54 Å². The molecule has 0 saturated heterocycles. The summed E-state index contributed by atoms with van der Waals surface area (Å²) >= 11 is 0. The van der Waals surface area contributed by atoms with E-state index in [0.29, 0.717) is 0 Å². The molecule has 0 saturated carbocycles. The topological polar surface area (TPSA) is 33.7 Å². The van der Waals surface area contributed by atoms with E-state index in [1.165, 1.54) is 18.4 Å². The third-order valence-corrected chi connectivity index (χ3v) is 3.13. The van der Waals surface area contributed by atoms with Gasteiger partial charge in [0.05, 0.1) is 13.2 Å². The SMILES string of the molecule is COc1cc(CNCCCCN(C)C)ccc1OC(C)C. The van der Waals surface area contributed by atoms with Crippen LogP contribution in [0.15, 0.2) is 18.2 Å². The molecule has 21 heavy (non-hydrogen) atoms. The van der Waals surface area contributed by atoms with Gasteiger partial charge in [0.25, 0.3) is 0 Å². The largest absolute Gasteiger partial charge is 0.493 e. The molecule has 4 nitrogen and oxygen atoms in total. The molecule has 0 aromatic heterocycles. The minimum Gasteiger partial charge on any atom is -0.493 e. The highest BCUT2D eigenvalue weighted by Crippen LogP contribution is 2.28. The molecule has 120 valence electrons. The van der Waals surface area contributed by atoms with E-state index in [1.807, 2.05) is 26.0 Å². The molecule has 0 fully saturated rings. The van der Waals surface area contributed by atoms with Gasteiger partial charge in [0.2, 0.25) is 0 Å². The van der Waals surface area contributed by atoms with Gasteiger partial charge in [-0.05, 0) is 71.6 Å². The smallest absolute Gasteiger partial charge is 0.161 e. The van der Waals surface area contributed by atoms with Gasteiger partial charge < -0.3 is 19.7 Å². The lowest BCUT2D eigenvalue weighted by atomic mass is 10.2. The molecule has 0 amide bonds. The first-order valence-corrected chi connectivity index (χ1v) is 7.72. The summed E-state index contributed by atoms with van der Waals surface area (Å²) in [5, 5.41) is 3.47. The van der Waals surface area contributed by atoms with Crippen LogP contribution in [0.4, 0.5) is 0 Å². The van der Waals surface area contributed by atoms with E-state index < -0.39 is 0 Å². The molecule has 0 spiro atoms. The van der Waals surface area contributed by atoms with E-state index in [-0.39, 0.29) is 6.10 Å². The standard InChI is InChI=1S/C17H30N2O2/c1-14(2)21-16-9-8-15(12-17(16)20-5)13-18-10-6-7-11-19(3)4/h8-9,12,14,18H,6-7,10-11,13H2,1-5H3. The Balaban J connectivity index is 2.38. The molecule has 0 atom stereocenters. The monoisotopic (exact) mass is 294 g/mol. The van der Waals surface area contributed by atoms with Gasteiger partial charge in [-0.2, -0.15) is 0 Å². The molecule has 1 aromatic rings. The maximum atomic E-state index is 5.72. The molecule has 1 rings (SSSR count). The zero-order valence-corrected chi connectivity index (χ0v) is 14.1. The number of unbranched alkanes of at least 4 members (excludes halogenated alkanes) is 1. The van der Waals surface area contributed by atoms with Gasteiger partial charge in [-0.3, -0.25) is 0 Å². The van der Waals surface area contributed by atoms with Crippen LogP contribution in [0.1, 0.15) is 32.3 Å². The number of hydrogen-bond donors (Lipinski definition) is 1. The molecule has 0 heterocycles. The summed E-state index contributed by atoms with van der Waals surface area (Å²) in [6, 6.07) is 6.12. The van der Waals surface area contributed by atoms with Crippen LogP contribution in [0.25, 0.3) is 0 Å². The van der Waals surface area contributed by atoms with E-state index in [1.54, 1.807) is 7.11 Å². The van der Waals surface area contributed by atoms with Gasteiger partial charge in [-0.1, -0.05) is 6.07 Å². The fourth-order valence-electron chi connectivity index (χ4n) is 2.08. The molecule has 1 aromatic carbocycles. The van der Waals surface area contributed by atoms with E-state index in [4.69, 9.17) is 9.47 Å². The maximum Gasteiger partial charge on any atom is 0.161 e. The van der Waals surface area contributed by atoms with Crippen molar-refractivity contribution in [2.75, 3.05) is 34.3 Å². The van der Waals surface area contributed by atoms with Crippen molar-refractivity contribution in [2.45, 2.75) is 39.3 Å². The Morgan fingerprint density at radius 1 is 1.14 bits per heavy atom. The predicted octanol–water partition coefficient (Wildman–Crippen LogP) is 2.91. The summed E-state index contributed by atoms with van der Waals surface area (Å²) < 4.78 is 11.1. The van der Waals surface area contributed by atoms with E-state index in [0.717, 1.165) is 31.1 Å². The van der Waals surface area contributed by atoms with Crippen LogP contribution in [0, 0.1) is 0 Å². The van der Waals surface area contributed by atoms with E-state index >= 15 is 0 Å². The number of rotatable bonds is 10. The summed E-state index contributed by atoms with van der Waals surface area (Å²) in [5.74, 6) is 1.61. The lowest BCUT2D eigenvalue weighted by Gasteiger charge is -2.15. The van der Waals surface area contributed by atoms with Crippen molar-refractivity contribution < 1.29 is 9.47 Å².